The van der Waals surface area contributed by atoms with Crippen LogP contribution in [0.1, 0.15) is 19.4 Å². The largest absolute Gasteiger partial charge is 0.399 e. The second kappa shape index (κ2) is 5.11. The van der Waals surface area contributed by atoms with E-state index in [0.717, 1.165) is 21.9 Å². The van der Waals surface area contributed by atoms with Crippen LogP contribution in [0.3, 0.4) is 0 Å². The Labute approximate surface area is 90.4 Å². The van der Waals surface area contributed by atoms with Gasteiger partial charge in [-0.1, -0.05) is 32.6 Å². The number of thioether (sulfide) groups is 1. The van der Waals surface area contributed by atoms with Crippen molar-refractivity contribution in [2.75, 3.05) is 11.5 Å². The van der Waals surface area contributed by atoms with Crippen molar-refractivity contribution in [2.45, 2.75) is 13.8 Å². The fraction of sp³-hybridized carbons (Fsp3) is 0.333. The maximum atomic E-state index is 5.70. The third-order valence-corrected chi connectivity index (χ3v) is 3.22. The highest BCUT2D eigenvalue weighted by Crippen LogP contribution is 2.27. The predicted octanol–water partition coefficient (Wildman–Crippen LogP) is 3.63. The molecule has 2 N–H and O–H groups in total. The van der Waals surface area contributed by atoms with Crippen LogP contribution in [-0.2, 0) is 0 Å². The van der Waals surface area contributed by atoms with Gasteiger partial charge in [0.25, 0.3) is 0 Å². The number of rotatable bonds is 4. The Morgan fingerprint density at radius 3 is 2.79 bits per heavy atom. The van der Waals surface area contributed by atoms with E-state index in [4.69, 9.17) is 5.73 Å². The van der Waals surface area contributed by atoms with Crippen molar-refractivity contribution in [3.05, 3.63) is 36.4 Å². The van der Waals surface area contributed by atoms with E-state index in [1.54, 1.807) is 11.8 Å². The summed E-state index contributed by atoms with van der Waals surface area (Å²) in [6.07, 6.45) is 0. The molecule has 0 unspecified atom stereocenters. The Bertz CT molecular complexity index is 318. The number of hydrogen-bond donors (Lipinski definition) is 1. The molecule has 0 fully saturated rings. The Morgan fingerprint density at radius 2 is 2.21 bits per heavy atom. The summed E-state index contributed by atoms with van der Waals surface area (Å²) in [4.78, 5) is 1.10. The second-order valence-corrected chi connectivity index (χ2v) is 4.87. The summed E-state index contributed by atoms with van der Waals surface area (Å²) in [6.45, 7) is 8.46. The number of nitrogens with two attached hydrogens (primary N) is 1. The first-order chi connectivity index (χ1) is 6.59. The summed E-state index contributed by atoms with van der Waals surface area (Å²) >= 11 is 1.80. The second-order valence-electron chi connectivity index (χ2n) is 3.75. The van der Waals surface area contributed by atoms with Gasteiger partial charge in [0, 0.05) is 16.3 Å². The summed E-state index contributed by atoms with van der Waals surface area (Å²) in [5, 5.41) is 0. The first kappa shape index (κ1) is 11.2. The number of hydrogen-bond acceptors (Lipinski definition) is 2. The highest BCUT2D eigenvalue weighted by atomic mass is 32.2. The average Bonchev–Trinajstić information content (AvgIpc) is 2.14. The van der Waals surface area contributed by atoms with E-state index in [9.17, 15) is 0 Å². The van der Waals surface area contributed by atoms with E-state index in [1.165, 1.54) is 0 Å². The molecular weight excluding hydrogens is 190 g/mol. The minimum absolute atomic E-state index is 0.692. The van der Waals surface area contributed by atoms with Crippen LogP contribution >= 0.6 is 11.8 Å². The summed E-state index contributed by atoms with van der Waals surface area (Å²) < 4.78 is 0. The van der Waals surface area contributed by atoms with Crippen LogP contribution in [0.25, 0.3) is 4.91 Å². The minimum Gasteiger partial charge on any atom is -0.399 e. The van der Waals surface area contributed by atoms with E-state index in [0.29, 0.717) is 5.92 Å². The molecule has 0 aliphatic heterocycles. The van der Waals surface area contributed by atoms with Crippen LogP contribution in [-0.4, -0.2) is 5.75 Å². The zero-order valence-corrected chi connectivity index (χ0v) is 9.60. The van der Waals surface area contributed by atoms with Gasteiger partial charge in [0.1, 0.15) is 0 Å². The molecule has 0 spiro atoms. The zero-order chi connectivity index (χ0) is 10.6. The van der Waals surface area contributed by atoms with Gasteiger partial charge in [-0.05, 0) is 23.6 Å². The van der Waals surface area contributed by atoms with Crippen molar-refractivity contribution in [1.29, 1.82) is 0 Å². The molecule has 0 aliphatic rings. The molecule has 76 valence electrons. The lowest BCUT2D eigenvalue weighted by Gasteiger charge is -2.08. The van der Waals surface area contributed by atoms with E-state index in [2.05, 4.69) is 20.4 Å². The number of anilines is 1. The van der Waals surface area contributed by atoms with Crippen LogP contribution in [0.5, 0.6) is 0 Å². The van der Waals surface area contributed by atoms with Crippen molar-refractivity contribution in [3.8, 4) is 0 Å². The topological polar surface area (TPSA) is 26.0 Å². The quantitative estimate of drug-likeness (QED) is 0.763. The monoisotopic (exact) mass is 207 g/mol. The average molecular weight is 207 g/mol. The zero-order valence-electron chi connectivity index (χ0n) is 8.79. The molecule has 1 aromatic carbocycles. The molecule has 0 atom stereocenters. The third kappa shape index (κ3) is 3.46. The van der Waals surface area contributed by atoms with Crippen LogP contribution in [0.15, 0.2) is 30.8 Å². The predicted molar refractivity (Wildman–Crippen MR) is 67.2 cm³/mol. The Morgan fingerprint density at radius 1 is 1.50 bits per heavy atom. The van der Waals surface area contributed by atoms with Crippen LogP contribution in [0.4, 0.5) is 5.69 Å². The molecule has 0 saturated carbocycles. The summed E-state index contributed by atoms with van der Waals surface area (Å²) in [5.41, 5.74) is 7.64. The molecule has 0 aromatic heterocycles. The molecule has 2 heteroatoms. The fourth-order valence-corrected chi connectivity index (χ4v) is 1.89. The summed E-state index contributed by atoms with van der Waals surface area (Å²) in [5.74, 6) is 1.80. The molecular formula is C12H17NS. The minimum atomic E-state index is 0.692. The van der Waals surface area contributed by atoms with Gasteiger partial charge in [0.05, 0.1) is 0 Å². The molecule has 0 heterocycles. The highest BCUT2D eigenvalue weighted by Gasteiger charge is 2.01. The molecule has 1 nitrogen and oxygen atoms in total. The Balaban J connectivity index is 2.61. The van der Waals surface area contributed by atoms with Gasteiger partial charge in [-0.2, -0.15) is 0 Å². The number of nitrogen functional groups attached to an aromatic ring is 1. The van der Waals surface area contributed by atoms with E-state index in [-0.39, 0.29) is 0 Å². The van der Waals surface area contributed by atoms with Crippen molar-refractivity contribution in [3.63, 3.8) is 0 Å². The molecule has 1 aromatic rings. The molecule has 1 rings (SSSR count). The van der Waals surface area contributed by atoms with Crippen LogP contribution in [0.2, 0.25) is 0 Å². The Kier molecular flexibility index (Phi) is 4.08. The first-order valence-electron chi connectivity index (χ1n) is 4.77. The fourth-order valence-electron chi connectivity index (χ4n) is 1.06. The van der Waals surface area contributed by atoms with Gasteiger partial charge < -0.3 is 5.73 Å². The standard InChI is InChI=1S/C12H17NS/c1-9(2)8-14-10(3)11-5-4-6-12(13)7-11/h4-7,9H,3,8,13H2,1-2H3. The van der Waals surface area contributed by atoms with Crippen LogP contribution < -0.4 is 5.73 Å². The third-order valence-electron chi connectivity index (χ3n) is 1.80. The summed E-state index contributed by atoms with van der Waals surface area (Å²) in [6, 6.07) is 7.87. The summed E-state index contributed by atoms with van der Waals surface area (Å²) in [7, 11) is 0. The Hall–Kier alpha value is -0.890. The normalized spacial score (nSPS) is 10.5. The lowest BCUT2D eigenvalue weighted by Crippen LogP contribution is -1.91. The molecule has 0 radical (unpaired) electrons. The lowest BCUT2D eigenvalue weighted by atomic mass is 10.2. The SMILES string of the molecule is C=C(SCC(C)C)c1cccc(N)c1. The van der Waals surface area contributed by atoms with Gasteiger partial charge in [-0.3, -0.25) is 0 Å². The first-order valence-corrected chi connectivity index (χ1v) is 5.75. The smallest absolute Gasteiger partial charge is 0.0320 e. The maximum absolute atomic E-state index is 5.70. The van der Waals surface area contributed by atoms with Crippen molar-refractivity contribution in [1.82, 2.24) is 0 Å². The van der Waals surface area contributed by atoms with Crippen molar-refractivity contribution < 1.29 is 0 Å². The molecule has 0 amide bonds. The highest BCUT2D eigenvalue weighted by molar-refractivity contribution is 8.08. The molecule has 14 heavy (non-hydrogen) atoms. The van der Waals surface area contributed by atoms with Crippen molar-refractivity contribution >= 4 is 22.4 Å². The van der Waals surface area contributed by atoms with Gasteiger partial charge in [0.2, 0.25) is 0 Å². The number of benzene rings is 1. The lowest BCUT2D eigenvalue weighted by molar-refractivity contribution is 0.752. The molecule has 0 saturated heterocycles. The van der Waals surface area contributed by atoms with Crippen LogP contribution in [0, 0.1) is 5.92 Å². The van der Waals surface area contributed by atoms with Gasteiger partial charge in [0.15, 0.2) is 0 Å². The molecule has 0 bridgehead atoms. The van der Waals surface area contributed by atoms with Gasteiger partial charge in [-0.25, -0.2) is 0 Å². The van der Waals surface area contributed by atoms with Crippen molar-refractivity contribution in [2.24, 2.45) is 5.92 Å². The van der Waals surface area contributed by atoms with Gasteiger partial charge in [-0.15, -0.1) is 11.8 Å². The van der Waals surface area contributed by atoms with E-state index in [1.807, 2.05) is 24.3 Å². The van der Waals surface area contributed by atoms with Gasteiger partial charge >= 0.3 is 0 Å². The van der Waals surface area contributed by atoms with E-state index < -0.39 is 0 Å². The maximum Gasteiger partial charge on any atom is 0.0320 e. The molecule has 0 aliphatic carbocycles. The van der Waals surface area contributed by atoms with E-state index >= 15 is 0 Å².